The van der Waals surface area contributed by atoms with Crippen molar-refractivity contribution in [1.29, 1.82) is 0 Å². The minimum Gasteiger partial charge on any atom is -0.368 e. The monoisotopic (exact) mass is 253 g/mol. The van der Waals surface area contributed by atoms with Crippen LogP contribution in [0.4, 0.5) is 11.9 Å². The summed E-state index contributed by atoms with van der Waals surface area (Å²) in [4.78, 5) is 15.9. The molecule has 3 heterocycles. The van der Waals surface area contributed by atoms with Crippen molar-refractivity contribution in [3.05, 3.63) is 42.1 Å². The molecular weight excluding hydrogens is 242 g/mol. The van der Waals surface area contributed by atoms with Crippen molar-refractivity contribution in [2.24, 2.45) is 0 Å². The number of hydrogen-bond acceptors (Lipinski definition) is 6. The van der Waals surface area contributed by atoms with E-state index in [1.165, 1.54) is 0 Å². The quantitative estimate of drug-likeness (QED) is 0.701. The molecule has 0 amide bonds. The van der Waals surface area contributed by atoms with Gasteiger partial charge in [0.2, 0.25) is 11.9 Å². The van der Waals surface area contributed by atoms with Crippen LogP contribution in [0.3, 0.4) is 0 Å². The lowest BCUT2D eigenvalue weighted by molar-refractivity contribution is 1.06. The molecule has 0 aliphatic carbocycles. The number of nitrogens with zero attached hydrogens (tertiary/aromatic N) is 5. The molecule has 3 aromatic heterocycles. The first-order chi connectivity index (χ1) is 9.22. The van der Waals surface area contributed by atoms with Gasteiger partial charge in [-0.1, -0.05) is 6.07 Å². The van der Waals surface area contributed by atoms with Crippen LogP contribution in [0.25, 0.3) is 17.8 Å². The summed E-state index contributed by atoms with van der Waals surface area (Å²) in [6, 6.07) is 5.80. The predicted octanol–water partition coefficient (Wildman–Crippen LogP) is 0.854. The summed E-state index contributed by atoms with van der Waals surface area (Å²) in [6.45, 7) is 0. The van der Waals surface area contributed by atoms with Crippen LogP contribution in [0.1, 0.15) is 11.5 Å². The van der Waals surface area contributed by atoms with Crippen molar-refractivity contribution in [2.45, 2.75) is 0 Å². The van der Waals surface area contributed by atoms with Crippen LogP contribution in [0.15, 0.2) is 30.6 Å². The Labute approximate surface area is 108 Å². The van der Waals surface area contributed by atoms with Crippen LogP contribution in [-0.4, -0.2) is 24.3 Å². The number of imidazole rings is 1. The summed E-state index contributed by atoms with van der Waals surface area (Å²) < 4.78 is 1.95. The topological polar surface area (TPSA) is 108 Å². The number of hydrogen-bond donors (Lipinski definition) is 2. The fraction of sp³-hybridized carbons (Fsp3) is 0. The van der Waals surface area contributed by atoms with Crippen LogP contribution >= 0.6 is 0 Å². The number of aromatic nitrogens is 5. The minimum atomic E-state index is 0.102. The van der Waals surface area contributed by atoms with Crippen LogP contribution in [0.5, 0.6) is 0 Å². The fourth-order valence-electron chi connectivity index (χ4n) is 1.74. The summed E-state index contributed by atoms with van der Waals surface area (Å²) in [5, 5.41) is 0. The van der Waals surface area contributed by atoms with Gasteiger partial charge in [0.25, 0.3) is 0 Å². The molecule has 0 spiro atoms. The Kier molecular flexibility index (Phi) is 2.57. The van der Waals surface area contributed by atoms with Crippen molar-refractivity contribution >= 4 is 29.7 Å². The molecule has 0 radical (unpaired) electrons. The van der Waals surface area contributed by atoms with Gasteiger partial charge in [0.05, 0.1) is 11.9 Å². The van der Waals surface area contributed by atoms with E-state index in [0.717, 1.165) is 11.3 Å². The summed E-state index contributed by atoms with van der Waals surface area (Å²) in [7, 11) is 0. The highest BCUT2D eigenvalue weighted by Gasteiger charge is 2.00. The maximum atomic E-state index is 5.51. The molecule has 94 valence electrons. The van der Waals surface area contributed by atoms with Gasteiger partial charge in [-0.3, -0.25) is 0 Å². The first-order valence-corrected chi connectivity index (χ1v) is 5.59. The van der Waals surface area contributed by atoms with Crippen LogP contribution < -0.4 is 11.5 Å². The van der Waals surface area contributed by atoms with Gasteiger partial charge in [0, 0.05) is 6.20 Å². The normalized spacial score (nSPS) is 11.4. The zero-order valence-corrected chi connectivity index (χ0v) is 9.93. The van der Waals surface area contributed by atoms with E-state index in [1.807, 2.05) is 34.9 Å². The molecule has 3 aromatic rings. The molecular formula is C12H11N7. The van der Waals surface area contributed by atoms with Gasteiger partial charge in [0.1, 0.15) is 5.65 Å². The number of nitrogen functional groups attached to an aromatic ring is 2. The first kappa shape index (κ1) is 11.1. The summed E-state index contributed by atoms with van der Waals surface area (Å²) in [5.41, 5.74) is 12.8. The lowest BCUT2D eigenvalue weighted by Gasteiger charge is -1.97. The third kappa shape index (κ3) is 2.21. The summed E-state index contributed by atoms with van der Waals surface area (Å²) in [6.07, 6.45) is 7.25. The van der Waals surface area contributed by atoms with Crippen LogP contribution in [-0.2, 0) is 0 Å². The SMILES string of the molecule is Nc1nc(N)nc(/C=C/c2cnc3ccccn23)n1. The summed E-state index contributed by atoms with van der Waals surface area (Å²) in [5.74, 6) is 0.617. The molecule has 0 bridgehead atoms. The van der Waals surface area contributed by atoms with Gasteiger partial charge >= 0.3 is 0 Å². The molecule has 0 aliphatic heterocycles. The van der Waals surface area contributed by atoms with E-state index in [-0.39, 0.29) is 11.9 Å². The molecule has 0 aromatic carbocycles. The second kappa shape index (κ2) is 4.37. The second-order valence-corrected chi connectivity index (χ2v) is 3.86. The van der Waals surface area contributed by atoms with Gasteiger partial charge in [-0.25, -0.2) is 4.98 Å². The van der Waals surface area contributed by atoms with Crippen molar-refractivity contribution < 1.29 is 0 Å². The number of fused-ring (bicyclic) bond motifs is 1. The molecule has 7 heteroatoms. The Morgan fingerprint density at radius 2 is 1.79 bits per heavy atom. The Bertz CT molecular complexity index is 739. The van der Waals surface area contributed by atoms with E-state index in [1.54, 1.807) is 12.3 Å². The molecule has 19 heavy (non-hydrogen) atoms. The Morgan fingerprint density at radius 1 is 1.00 bits per heavy atom. The highest BCUT2D eigenvalue weighted by atomic mass is 15.1. The number of anilines is 2. The van der Waals surface area contributed by atoms with Crippen LogP contribution in [0.2, 0.25) is 0 Å². The Balaban J connectivity index is 1.98. The third-order valence-corrected chi connectivity index (χ3v) is 2.54. The average Bonchev–Trinajstić information content (AvgIpc) is 2.78. The molecule has 4 N–H and O–H groups in total. The Morgan fingerprint density at radius 3 is 2.58 bits per heavy atom. The third-order valence-electron chi connectivity index (χ3n) is 2.54. The zero-order valence-electron chi connectivity index (χ0n) is 9.93. The largest absolute Gasteiger partial charge is 0.368 e. The van der Waals surface area contributed by atoms with Crippen molar-refractivity contribution in [2.75, 3.05) is 11.5 Å². The molecule has 0 saturated carbocycles. The average molecular weight is 253 g/mol. The first-order valence-electron chi connectivity index (χ1n) is 5.59. The van der Waals surface area contributed by atoms with Crippen molar-refractivity contribution in [3.8, 4) is 0 Å². The molecule has 3 rings (SSSR count). The minimum absolute atomic E-state index is 0.102. The molecule has 7 nitrogen and oxygen atoms in total. The predicted molar refractivity (Wildman–Crippen MR) is 72.8 cm³/mol. The number of rotatable bonds is 2. The van der Waals surface area contributed by atoms with E-state index in [9.17, 15) is 0 Å². The van der Waals surface area contributed by atoms with Gasteiger partial charge in [0.15, 0.2) is 5.82 Å². The van der Waals surface area contributed by atoms with E-state index < -0.39 is 0 Å². The molecule has 0 atom stereocenters. The highest BCUT2D eigenvalue weighted by molar-refractivity contribution is 5.67. The number of nitrogens with two attached hydrogens (primary N) is 2. The summed E-state index contributed by atoms with van der Waals surface area (Å²) >= 11 is 0. The second-order valence-electron chi connectivity index (χ2n) is 3.86. The smallest absolute Gasteiger partial charge is 0.225 e. The van der Waals surface area contributed by atoms with E-state index in [4.69, 9.17) is 11.5 Å². The standard InChI is InChI=1S/C12H11N7/c13-11-16-9(17-12(14)18-11)5-4-8-7-15-10-3-1-2-6-19(8)10/h1-7H,(H4,13,14,16,17,18)/b5-4+. The number of pyridine rings is 1. The molecule has 0 saturated heterocycles. The van der Waals surface area contributed by atoms with Gasteiger partial charge in [-0.15, -0.1) is 0 Å². The zero-order chi connectivity index (χ0) is 13.2. The van der Waals surface area contributed by atoms with E-state index in [2.05, 4.69) is 19.9 Å². The lowest BCUT2D eigenvalue weighted by atomic mass is 10.4. The van der Waals surface area contributed by atoms with Gasteiger partial charge in [-0.2, -0.15) is 15.0 Å². The lowest BCUT2D eigenvalue weighted by Crippen LogP contribution is -2.04. The highest BCUT2D eigenvalue weighted by Crippen LogP contribution is 2.09. The van der Waals surface area contributed by atoms with Crippen molar-refractivity contribution in [1.82, 2.24) is 24.3 Å². The Hall–Kier alpha value is -2.96. The van der Waals surface area contributed by atoms with E-state index >= 15 is 0 Å². The molecule has 0 fully saturated rings. The molecule has 0 unspecified atom stereocenters. The maximum absolute atomic E-state index is 5.51. The molecule has 0 aliphatic rings. The maximum Gasteiger partial charge on any atom is 0.225 e. The van der Waals surface area contributed by atoms with Gasteiger partial charge in [-0.05, 0) is 24.3 Å². The van der Waals surface area contributed by atoms with Crippen molar-refractivity contribution in [3.63, 3.8) is 0 Å². The van der Waals surface area contributed by atoms with Gasteiger partial charge < -0.3 is 15.9 Å². The fourth-order valence-corrected chi connectivity index (χ4v) is 1.74. The van der Waals surface area contributed by atoms with E-state index in [0.29, 0.717) is 5.82 Å². The van der Waals surface area contributed by atoms with Crippen LogP contribution in [0, 0.1) is 0 Å².